The lowest BCUT2D eigenvalue weighted by Gasteiger charge is -1.92. The Morgan fingerprint density at radius 2 is 2.06 bits per heavy atom. The van der Waals surface area contributed by atoms with Crippen LogP contribution in [0.15, 0.2) is 41.0 Å². The summed E-state index contributed by atoms with van der Waals surface area (Å²) in [4.78, 5) is 11.6. The average Bonchev–Trinajstić information content (AvgIpc) is 2.74. The van der Waals surface area contributed by atoms with Crippen molar-refractivity contribution >= 4 is 11.9 Å². The van der Waals surface area contributed by atoms with Gasteiger partial charge in [0.15, 0.2) is 5.78 Å². The highest BCUT2D eigenvalue weighted by molar-refractivity contribution is 5.94. The molecule has 1 aromatic heterocycles. The Morgan fingerprint density at radius 3 is 2.71 bits per heavy atom. The van der Waals surface area contributed by atoms with Crippen molar-refractivity contribution in [1.29, 1.82) is 0 Å². The van der Waals surface area contributed by atoms with Gasteiger partial charge in [0.05, 0.1) is 6.42 Å². The molecule has 0 aliphatic heterocycles. The second kappa shape index (κ2) is 5.21. The first-order valence-corrected chi connectivity index (χ1v) is 5.29. The molecule has 2 aromatic rings. The lowest BCUT2D eigenvalue weighted by atomic mass is 10.1. The number of hydrogen-bond acceptors (Lipinski definition) is 4. The molecule has 0 amide bonds. The molecular formula is C13H12N2O2. The SMILES string of the molecule is Cc1nonc1CC(=O)/C=C/c1ccccc1. The summed E-state index contributed by atoms with van der Waals surface area (Å²) >= 11 is 0. The first-order valence-electron chi connectivity index (χ1n) is 5.29. The summed E-state index contributed by atoms with van der Waals surface area (Å²) in [6, 6.07) is 9.66. The fourth-order valence-electron chi connectivity index (χ4n) is 1.39. The molecule has 0 radical (unpaired) electrons. The predicted octanol–water partition coefficient (Wildman–Crippen LogP) is 2.20. The van der Waals surface area contributed by atoms with Crippen molar-refractivity contribution in [3.8, 4) is 0 Å². The largest absolute Gasteiger partial charge is 0.294 e. The first kappa shape index (κ1) is 11.3. The summed E-state index contributed by atoms with van der Waals surface area (Å²) in [5.74, 6) is -0.0207. The number of allylic oxidation sites excluding steroid dienone is 1. The van der Waals surface area contributed by atoms with E-state index in [2.05, 4.69) is 14.9 Å². The van der Waals surface area contributed by atoms with E-state index in [0.717, 1.165) is 5.56 Å². The van der Waals surface area contributed by atoms with Gasteiger partial charge >= 0.3 is 0 Å². The molecular weight excluding hydrogens is 216 g/mol. The maximum absolute atomic E-state index is 11.6. The van der Waals surface area contributed by atoms with E-state index in [1.54, 1.807) is 19.1 Å². The number of ketones is 1. The lowest BCUT2D eigenvalue weighted by Crippen LogP contribution is -2.00. The van der Waals surface area contributed by atoms with Crippen molar-refractivity contribution < 1.29 is 9.42 Å². The van der Waals surface area contributed by atoms with Crippen LogP contribution >= 0.6 is 0 Å². The van der Waals surface area contributed by atoms with Crippen LogP contribution in [0.1, 0.15) is 17.0 Å². The topological polar surface area (TPSA) is 56.0 Å². The van der Waals surface area contributed by atoms with E-state index in [4.69, 9.17) is 0 Å². The van der Waals surface area contributed by atoms with Gasteiger partial charge in [0.1, 0.15) is 11.4 Å². The molecule has 1 aromatic carbocycles. The summed E-state index contributed by atoms with van der Waals surface area (Å²) < 4.78 is 4.53. The van der Waals surface area contributed by atoms with Crippen molar-refractivity contribution in [2.75, 3.05) is 0 Å². The van der Waals surface area contributed by atoms with Crippen LogP contribution < -0.4 is 0 Å². The smallest absolute Gasteiger partial charge is 0.161 e. The molecule has 0 unspecified atom stereocenters. The maximum atomic E-state index is 11.6. The molecule has 0 aliphatic carbocycles. The quantitative estimate of drug-likeness (QED) is 0.753. The van der Waals surface area contributed by atoms with Crippen LogP contribution in [0.3, 0.4) is 0 Å². The van der Waals surface area contributed by atoms with E-state index in [0.29, 0.717) is 11.4 Å². The molecule has 4 heteroatoms. The van der Waals surface area contributed by atoms with E-state index in [1.165, 1.54) is 0 Å². The summed E-state index contributed by atoms with van der Waals surface area (Å²) in [6.07, 6.45) is 3.55. The minimum Gasteiger partial charge on any atom is -0.294 e. The van der Waals surface area contributed by atoms with Crippen LogP contribution in [0.5, 0.6) is 0 Å². The van der Waals surface area contributed by atoms with Crippen LogP contribution in [0.4, 0.5) is 0 Å². The van der Waals surface area contributed by atoms with Crippen LogP contribution in [-0.2, 0) is 11.2 Å². The third kappa shape index (κ3) is 3.11. The van der Waals surface area contributed by atoms with Crippen molar-refractivity contribution in [2.45, 2.75) is 13.3 Å². The molecule has 0 fully saturated rings. The molecule has 0 bridgehead atoms. The number of aryl methyl sites for hydroxylation is 1. The Balaban J connectivity index is 1.99. The predicted molar refractivity (Wildman–Crippen MR) is 63.2 cm³/mol. The second-order valence-corrected chi connectivity index (χ2v) is 3.68. The van der Waals surface area contributed by atoms with Crippen molar-refractivity contribution in [1.82, 2.24) is 10.3 Å². The van der Waals surface area contributed by atoms with Crippen LogP contribution in [0.2, 0.25) is 0 Å². The zero-order valence-corrected chi connectivity index (χ0v) is 9.46. The number of hydrogen-bond donors (Lipinski definition) is 0. The average molecular weight is 228 g/mol. The van der Waals surface area contributed by atoms with Gasteiger partial charge in [0, 0.05) is 0 Å². The third-order valence-electron chi connectivity index (χ3n) is 2.35. The highest BCUT2D eigenvalue weighted by Gasteiger charge is 2.08. The minimum absolute atomic E-state index is 0.0207. The summed E-state index contributed by atoms with van der Waals surface area (Å²) in [5, 5.41) is 7.30. The molecule has 0 spiro atoms. The normalized spacial score (nSPS) is 10.9. The Kier molecular flexibility index (Phi) is 3.45. The molecule has 0 saturated carbocycles. The Hall–Kier alpha value is -2.23. The van der Waals surface area contributed by atoms with E-state index in [1.807, 2.05) is 30.3 Å². The van der Waals surface area contributed by atoms with Gasteiger partial charge in [-0.15, -0.1) is 0 Å². The summed E-state index contributed by atoms with van der Waals surface area (Å²) in [6.45, 7) is 1.76. The third-order valence-corrected chi connectivity index (χ3v) is 2.35. The zero-order valence-electron chi connectivity index (χ0n) is 9.46. The number of nitrogens with zero attached hydrogens (tertiary/aromatic N) is 2. The van der Waals surface area contributed by atoms with Gasteiger partial charge < -0.3 is 0 Å². The lowest BCUT2D eigenvalue weighted by molar-refractivity contribution is -0.114. The fourth-order valence-corrected chi connectivity index (χ4v) is 1.39. The molecule has 2 rings (SSSR count). The fraction of sp³-hybridized carbons (Fsp3) is 0.154. The molecule has 17 heavy (non-hydrogen) atoms. The van der Waals surface area contributed by atoms with Gasteiger partial charge in [-0.05, 0) is 18.6 Å². The minimum atomic E-state index is -0.0207. The Labute approximate surface area is 98.9 Å². The van der Waals surface area contributed by atoms with E-state index < -0.39 is 0 Å². The number of aromatic nitrogens is 2. The van der Waals surface area contributed by atoms with E-state index in [9.17, 15) is 4.79 Å². The van der Waals surface area contributed by atoms with Gasteiger partial charge in [0.2, 0.25) is 0 Å². The molecule has 0 atom stereocenters. The van der Waals surface area contributed by atoms with E-state index >= 15 is 0 Å². The van der Waals surface area contributed by atoms with E-state index in [-0.39, 0.29) is 12.2 Å². The van der Waals surface area contributed by atoms with Crippen molar-refractivity contribution in [2.24, 2.45) is 0 Å². The maximum Gasteiger partial charge on any atom is 0.161 e. The zero-order chi connectivity index (χ0) is 12.1. The number of rotatable bonds is 4. The molecule has 4 nitrogen and oxygen atoms in total. The molecule has 0 aliphatic rings. The number of carbonyl (C=O) groups excluding carboxylic acids is 1. The van der Waals surface area contributed by atoms with Crippen LogP contribution in [0, 0.1) is 6.92 Å². The Morgan fingerprint density at radius 1 is 1.29 bits per heavy atom. The number of carbonyl (C=O) groups is 1. The monoisotopic (exact) mass is 228 g/mol. The Bertz CT molecular complexity index is 529. The van der Waals surface area contributed by atoms with Crippen LogP contribution in [0.25, 0.3) is 6.08 Å². The van der Waals surface area contributed by atoms with Gasteiger partial charge in [-0.3, -0.25) is 4.79 Å². The molecule has 0 saturated heterocycles. The first-order chi connectivity index (χ1) is 8.25. The highest BCUT2D eigenvalue weighted by atomic mass is 16.6. The van der Waals surface area contributed by atoms with Gasteiger partial charge in [-0.2, -0.15) is 0 Å². The second-order valence-electron chi connectivity index (χ2n) is 3.68. The van der Waals surface area contributed by atoms with Gasteiger partial charge in [-0.25, -0.2) is 4.63 Å². The molecule has 0 N–H and O–H groups in total. The van der Waals surface area contributed by atoms with Crippen molar-refractivity contribution in [3.05, 3.63) is 53.4 Å². The highest BCUT2D eigenvalue weighted by Crippen LogP contribution is 2.05. The van der Waals surface area contributed by atoms with Gasteiger partial charge in [-0.1, -0.05) is 46.7 Å². The van der Waals surface area contributed by atoms with Gasteiger partial charge in [0.25, 0.3) is 0 Å². The summed E-state index contributed by atoms with van der Waals surface area (Å²) in [5.41, 5.74) is 2.25. The molecule has 86 valence electrons. The summed E-state index contributed by atoms with van der Waals surface area (Å²) in [7, 11) is 0. The standard InChI is InChI=1S/C13H12N2O2/c1-10-13(15-17-14-10)9-12(16)8-7-11-5-3-2-4-6-11/h2-8H,9H2,1H3/b8-7+. The molecule has 1 heterocycles. The number of benzene rings is 1. The van der Waals surface area contributed by atoms with Crippen LogP contribution in [-0.4, -0.2) is 16.1 Å². The van der Waals surface area contributed by atoms with Crippen molar-refractivity contribution in [3.63, 3.8) is 0 Å².